The molecule has 0 aliphatic heterocycles. The van der Waals surface area contributed by atoms with E-state index in [2.05, 4.69) is 10.6 Å². The molecule has 3 N–H and O–H groups in total. The number of carbonyl (C=O) groups is 5. The summed E-state index contributed by atoms with van der Waals surface area (Å²) in [5, 5.41) is 15.7. The van der Waals surface area contributed by atoms with Crippen molar-refractivity contribution in [2.24, 2.45) is 0 Å². The third-order valence-corrected chi connectivity index (χ3v) is 10.1. The summed E-state index contributed by atoms with van der Waals surface area (Å²) in [4.78, 5) is 64.1. The van der Waals surface area contributed by atoms with Gasteiger partial charge in [-0.3, -0.25) is 4.79 Å². The van der Waals surface area contributed by atoms with Crippen molar-refractivity contribution in [3.05, 3.63) is 143 Å². The number of nitrogens with one attached hydrogen (secondary N) is 2. The first-order valence-electron chi connectivity index (χ1n) is 19.5. The molecular formula is C47H50N2O12S2. The third-order valence-electron chi connectivity index (χ3n) is 8.77. The summed E-state index contributed by atoms with van der Waals surface area (Å²) in [7, 11) is 2.80. The first kappa shape index (κ1) is 49.0. The molecule has 332 valence electrons. The van der Waals surface area contributed by atoms with Gasteiger partial charge in [0.1, 0.15) is 31.1 Å². The summed E-state index contributed by atoms with van der Waals surface area (Å²) >= 11 is 3.01. The molecule has 0 bridgehead atoms. The van der Waals surface area contributed by atoms with E-state index in [0.29, 0.717) is 35.5 Å². The fourth-order valence-corrected chi connectivity index (χ4v) is 6.43. The molecule has 0 aromatic heterocycles. The number of rotatable bonds is 23. The predicted molar refractivity (Wildman–Crippen MR) is 244 cm³/mol. The molecule has 2 amide bonds. The van der Waals surface area contributed by atoms with E-state index in [1.807, 2.05) is 73.2 Å². The maximum absolute atomic E-state index is 13.2. The lowest BCUT2D eigenvalue weighted by Gasteiger charge is -2.18. The average molecular weight is 899 g/mol. The fourth-order valence-electron chi connectivity index (χ4n) is 5.49. The summed E-state index contributed by atoms with van der Waals surface area (Å²) in [6.07, 6.45) is 9.45. The SMILES string of the molecule is COc1cc(/C=C/C(=O)/C=C(O)/C=C/c2ccc(OC(=O)[C@@H](CCSC)NC(=O)OCc3ccccc3)c(OC)c2)ccc1OC(=O)[C@@H](CCSC)NC(=O)OCc1ccccc1. The van der Waals surface area contributed by atoms with Crippen LogP contribution in [0.25, 0.3) is 12.2 Å². The van der Waals surface area contributed by atoms with Gasteiger partial charge in [0.25, 0.3) is 0 Å². The number of allylic oxidation sites excluding steroid dienone is 3. The zero-order valence-corrected chi connectivity index (χ0v) is 36.9. The fraction of sp³-hybridized carbons (Fsp3) is 0.255. The minimum atomic E-state index is -0.983. The van der Waals surface area contributed by atoms with E-state index in [-0.39, 0.29) is 42.0 Å². The van der Waals surface area contributed by atoms with E-state index in [9.17, 15) is 29.1 Å². The first-order valence-corrected chi connectivity index (χ1v) is 22.3. The Kier molecular flexibility index (Phi) is 20.7. The van der Waals surface area contributed by atoms with Crippen molar-refractivity contribution < 1.29 is 57.5 Å². The van der Waals surface area contributed by atoms with Crippen LogP contribution in [0.5, 0.6) is 23.0 Å². The lowest BCUT2D eigenvalue weighted by molar-refractivity contribution is -0.137. The molecule has 0 radical (unpaired) electrons. The van der Waals surface area contributed by atoms with Gasteiger partial charge in [0, 0.05) is 6.08 Å². The van der Waals surface area contributed by atoms with E-state index < -0.39 is 42.0 Å². The number of hydrogen-bond donors (Lipinski definition) is 3. The van der Waals surface area contributed by atoms with E-state index in [1.54, 1.807) is 24.3 Å². The highest BCUT2D eigenvalue weighted by atomic mass is 32.2. The van der Waals surface area contributed by atoms with Crippen molar-refractivity contribution in [3.63, 3.8) is 0 Å². The van der Waals surface area contributed by atoms with Crippen LogP contribution in [0, 0.1) is 0 Å². The molecule has 0 aliphatic carbocycles. The number of thioether (sulfide) groups is 2. The number of benzene rings is 4. The standard InChI is InChI=1S/C47H50N2O12S2/c1-56-42-27-32(17-21-40(42)60-44(52)38(23-25-62-3)48-46(54)58-30-34-11-7-5-8-12-34)15-19-36(50)29-37(51)20-16-33-18-22-41(43(28-33)57-2)61-45(53)39(24-26-63-4)49-47(55)59-31-35-13-9-6-10-14-35/h5-22,27-29,38-39,50H,23-26,30-31H2,1-4H3,(H,48,54)(H,49,55)/b19-15+,20-16+,36-29-/t38-,39-/m1/s1. The van der Waals surface area contributed by atoms with Crippen LogP contribution in [0.4, 0.5) is 9.59 Å². The Labute approximate surface area is 375 Å². The van der Waals surface area contributed by atoms with Gasteiger partial charge in [-0.1, -0.05) is 84.9 Å². The second kappa shape index (κ2) is 26.6. The molecule has 0 aliphatic rings. The van der Waals surface area contributed by atoms with Gasteiger partial charge in [-0.05, 0) is 95.5 Å². The Bertz CT molecular complexity index is 2230. The van der Waals surface area contributed by atoms with Crippen LogP contribution in [-0.4, -0.2) is 85.3 Å². The monoisotopic (exact) mass is 898 g/mol. The van der Waals surface area contributed by atoms with Crippen molar-refractivity contribution in [1.29, 1.82) is 0 Å². The molecule has 0 saturated carbocycles. The minimum absolute atomic E-state index is 0.0403. The lowest BCUT2D eigenvalue weighted by Crippen LogP contribution is -2.43. The van der Waals surface area contributed by atoms with Crippen LogP contribution < -0.4 is 29.6 Å². The number of methoxy groups -OCH3 is 2. The molecule has 63 heavy (non-hydrogen) atoms. The first-order chi connectivity index (χ1) is 30.5. The van der Waals surface area contributed by atoms with Gasteiger partial charge in [-0.2, -0.15) is 23.5 Å². The summed E-state index contributed by atoms with van der Waals surface area (Å²) in [5.41, 5.74) is 2.69. The summed E-state index contributed by atoms with van der Waals surface area (Å²) < 4.78 is 32.7. The highest BCUT2D eigenvalue weighted by molar-refractivity contribution is 7.98. The van der Waals surface area contributed by atoms with E-state index in [4.69, 9.17) is 28.4 Å². The number of esters is 2. The molecule has 4 aromatic rings. The van der Waals surface area contributed by atoms with Crippen LogP contribution in [0.2, 0.25) is 0 Å². The predicted octanol–water partition coefficient (Wildman–Crippen LogP) is 8.35. The Morgan fingerprint density at radius 3 is 1.44 bits per heavy atom. The number of ether oxygens (including phenoxy) is 6. The number of hydrogen-bond acceptors (Lipinski definition) is 14. The quantitative estimate of drug-likeness (QED) is 0.0212. The highest BCUT2D eigenvalue weighted by Crippen LogP contribution is 2.30. The maximum atomic E-state index is 13.2. The third kappa shape index (κ3) is 17.3. The maximum Gasteiger partial charge on any atom is 0.408 e. The van der Waals surface area contributed by atoms with Crippen LogP contribution in [-0.2, 0) is 37.1 Å². The molecule has 0 saturated heterocycles. The van der Waals surface area contributed by atoms with Crippen molar-refractivity contribution >= 4 is 65.6 Å². The van der Waals surface area contributed by atoms with Gasteiger partial charge in [-0.25, -0.2) is 19.2 Å². The Balaban J connectivity index is 1.33. The van der Waals surface area contributed by atoms with Gasteiger partial charge < -0.3 is 44.2 Å². The minimum Gasteiger partial charge on any atom is -0.508 e. The number of aliphatic hydroxyl groups is 1. The molecule has 0 fully saturated rings. The van der Waals surface area contributed by atoms with Gasteiger partial charge >= 0.3 is 24.1 Å². The molecular weight excluding hydrogens is 849 g/mol. The highest BCUT2D eigenvalue weighted by Gasteiger charge is 2.26. The Morgan fingerprint density at radius 2 is 1.03 bits per heavy atom. The van der Waals surface area contributed by atoms with Gasteiger partial charge in [0.15, 0.2) is 28.8 Å². The molecule has 4 aromatic carbocycles. The zero-order valence-electron chi connectivity index (χ0n) is 35.3. The summed E-state index contributed by atoms with van der Waals surface area (Å²) in [6.45, 7) is 0.0816. The molecule has 0 spiro atoms. The van der Waals surface area contributed by atoms with E-state index in [1.165, 1.54) is 74.2 Å². The molecule has 16 heteroatoms. The molecule has 0 heterocycles. The largest absolute Gasteiger partial charge is 0.508 e. The number of aliphatic hydroxyl groups excluding tert-OH is 1. The van der Waals surface area contributed by atoms with Gasteiger partial charge in [-0.15, -0.1) is 0 Å². The van der Waals surface area contributed by atoms with Crippen molar-refractivity contribution in [2.75, 3.05) is 38.2 Å². The summed E-state index contributed by atoms with van der Waals surface area (Å²) in [5.74, 6) is -0.487. The second-order valence-electron chi connectivity index (χ2n) is 13.4. The Morgan fingerprint density at radius 1 is 0.603 bits per heavy atom. The lowest BCUT2D eigenvalue weighted by atomic mass is 10.1. The van der Waals surface area contributed by atoms with Gasteiger partial charge in [0.2, 0.25) is 0 Å². The van der Waals surface area contributed by atoms with Crippen molar-refractivity contribution in [3.8, 4) is 23.0 Å². The number of ketones is 1. The van der Waals surface area contributed by atoms with Crippen LogP contribution in [0.3, 0.4) is 0 Å². The Hall–Kier alpha value is -6.65. The second-order valence-corrected chi connectivity index (χ2v) is 15.4. The molecule has 14 nitrogen and oxygen atoms in total. The van der Waals surface area contributed by atoms with Crippen LogP contribution in [0.15, 0.2) is 121 Å². The summed E-state index contributed by atoms with van der Waals surface area (Å²) in [6, 6.07) is 25.7. The normalized spacial score (nSPS) is 12.2. The smallest absolute Gasteiger partial charge is 0.408 e. The number of alkyl carbamates (subject to hydrolysis) is 2. The van der Waals surface area contributed by atoms with Gasteiger partial charge in [0.05, 0.1) is 14.2 Å². The zero-order chi connectivity index (χ0) is 45.4. The van der Waals surface area contributed by atoms with Crippen molar-refractivity contribution in [2.45, 2.75) is 38.1 Å². The van der Waals surface area contributed by atoms with Crippen molar-refractivity contribution in [1.82, 2.24) is 10.6 Å². The number of amides is 2. The number of carbonyl (C=O) groups excluding carboxylic acids is 5. The van der Waals surface area contributed by atoms with Crippen LogP contribution in [0.1, 0.15) is 35.1 Å². The molecule has 4 rings (SSSR count). The van der Waals surface area contributed by atoms with Crippen LogP contribution >= 0.6 is 23.5 Å². The van der Waals surface area contributed by atoms with E-state index >= 15 is 0 Å². The average Bonchev–Trinajstić information content (AvgIpc) is 3.30. The topological polar surface area (TPSA) is 185 Å². The molecule has 2 atom stereocenters. The van der Waals surface area contributed by atoms with E-state index in [0.717, 1.165) is 17.2 Å². The molecule has 0 unspecified atom stereocenters.